The van der Waals surface area contributed by atoms with Gasteiger partial charge in [-0.3, -0.25) is 0 Å². The van der Waals surface area contributed by atoms with Gasteiger partial charge in [0.05, 0.1) is 5.56 Å². The van der Waals surface area contributed by atoms with Gasteiger partial charge in [0, 0.05) is 18.5 Å². The number of hydrogen-bond donors (Lipinski definition) is 2. The smallest absolute Gasteiger partial charge is 0.335 e. The molecule has 0 saturated heterocycles. The van der Waals surface area contributed by atoms with Crippen molar-refractivity contribution < 1.29 is 19.4 Å². The highest BCUT2D eigenvalue weighted by atomic mass is 16.7. The summed E-state index contributed by atoms with van der Waals surface area (Å²) < 4.78 is 10.8. The van der Waals surface area contributed by atoms with Crippen molar-refractivity contribution in [1.29, 1.82) is 0 Å². The predicted molar refractivity (Wildman–Crippen MR) is 90.7 cm³/mol. The Morgan fingerprint density at radius 1 is 1.12 bits per heavy atom. The molecule has 1 aliphatic rings. The third-order valence-electron chi connectivity index (χ3n) is 4.25. The first-order valence-corrected chi connectivity index (χ1v) is 7.89. The van der Waals surface area contributed by atoms with Gasteiger partial charge in [-0.25, -0.2) is 4.79 Å². The van der Waals surface area contributed by atoms with Crippen molar-refractivity contribution in [3.05, 3.63) is 59.2 Å². The van der Waals surface area contributed by atoms with Gasteiger partial charge in [-0.05, 0) is 35.4 Å². The normalized spacial score (nSPS) is 13.1. The molecule has 24 heavy (non-hydrogen) atoms. The molecule has 0 amide bonds. The quantitative estimate of drug-likeness (QED) is 0.853. The fraction of sp³-hybridized carbons (Fsp3) is 0.316. The summed E-state index contributed by atoms with van der Waals surface area (Å²) >= 11 is 0. The van der Waals surface area contributed by atoms with Crippen molar-refractivity contribution in [2.45, 2.75) is 25.8 Å². The minimum Gasteiger partial charge on any atom is -0.478 e. The fourth-order valence-electron chi connectivity index (χ4n) is 2.70. The van der Waals surface area contributed by atoms with Crippen molar-refractivity contribution in [3.8, 4) is 11.5 Å². The van der Waals surface area contributed by atoms with Crippen LogP contribution in [0.2, 0.25) is 0 Å². The van der Waals surface area contributed by atoms with Crippen LogP contribution in [0, 0.1) is 0 Å². The Morgan fingerprint density at radius 2 is 1.83 bits per heavy atom. The van der Waals surface area contributed by atoms with Crippen LogP contribution in [0.4, 0.5) is 0 Å². The van der Waals surface area contributed by atoms with E-state index in [0.29, 0.717) is 12.1 Å². The summed E-state index contributed by atoms with van der Waals surface area (Å²) in [6.45, 7) is 6.10. The lowest BCUT2D eigenvalue weighted by molar-refractivity contribution is 0.0697. The van der Waals surface area contributed by atoms with Crippen LogP contribution in [0.1, 0.15) is 35.3 Å². The second kappa shape index (κ2) is 6.53. The Balaban J connectivity index is 1.59. The predicted octanol–water partition coefficient (Wildman–Crippen LogP) is 3.18. The van der Waals surface area contributed by atoms with E-state index in [2.05, 4.69) is 25.2 Å². The van der Waals surface area contributed by atoms with Gasteiger partial charge in [0.25, 0.3) is 0 Å². The molecule has 5 heteroatoms. The molecule has 0 spiro atoms. The number of carboxylic acids is 1. The molecule has 0 radical (unpaired) electrons. The maximum Gasteiger partial charge on any atom is 0.335 e. The average molecular weight is 327 g/mol. The summed E-state index contributed by atoms with van der Waals surface area (Å²) in [5, 5.41) is 12.4. The number of fused-ring (bicyclic) bond motifs is 1. The van der Waals surface area contributed by atoms with E-state index < -0.39 is 5.97 Å². The minimum atomic E-state index is -0.904. The van der Waals surface area contributed by atoms with E-state index in [0.717, 1.165) is 23.6 Å². The Bertz CT molecular complexity index is 738. The maximum atomic E-state index is 10.9. The molecule has 0 aromatic heterocycles. The van der Waals surface area contributed by atoms with Gasteiger partial charge in [0.1, 0.15) is 0 Å². The van der Waals surface area contributed by atoms with E-state index in [1.54, 1.807) is 12.1 Å². The molecule has 0 unspecified atom stereocenters. The highest BCUT2D eigenvalue weighted by Crippen LogP contribution is 2.36. The SMILES string of the molecule is CC(C)(CNCc1ccc(C(=O)O)cc1)c1ccc2c(c1)OCO2. The van der Waals surface area contributed by atoms with Crippen molar-refractivity contribution in [2.75, 3.05) is 13.3 Å². The van der Waals surface area contributed by atoms with Crippen LogP contribution in [0.3, 0.4) is 0 Å². The number of hydrogen-bond acceptors (Lipinski definition) is 4. The van der Waals surface area contributed by atoms with E-state index in [-0.39, 0.29) is 12.2 Å². The highest BCUT2D eigenvalue weighted by Gasteiger charge is 2.23. The zero-order chi connectivity index (χ0) is 17.2. The van der Waals surface area contributed by atoms with E-state index >= 15 is 0 Å². The van der Waals surface area contributed by atoms with E-state index in [4.69, 9.17) is 14.6 Å². The van der Waals surface area contributed by atoms with Crippen molar-refractivity contribution in [1.82, 2.24) is 5.32 Å². The topological polar surface area (TPSA) is 67.8 Å². The van der Waals surface area contributed by atoms with Crippen LogP contribution < -0.4 is 14.8 Å². The molecule has 0 bridgehead atoms. The Morgan fingerprint density at radius 3 is 2.54 bits per heavy atom. The number of nitrogens with one attached hydrogen (secondary N) is 1. The van der Waals surface area contributed by atoms with Gasteiger partial charge in [0.2, 0.25) is 6.79 Å². The summed E-state index contributed by atoms with van der Waals surface area (Å²) in [5.74, 6) is 0.685. The lowest BCUT2D eigenvalue weighted by Gasteiger charge is -2.26. The van der Waals surface area contributed by atoms with Gasteiger partial charge < -0.3 is 19.9 Å². The van der Waals surface area contributed by atoms with Gasteiger partial charge >= 0.3 is 5.97 Å². The standard InChI is InChI=1S/C19H21NO4/c1-19(2,15-7-8-16-17(9-15)24-12-23-16)11-20-10-13-3-5-14(6-4-13)18(21)22/h3-9,20H,10-12H2,1-2H3,(H,21,22). The molecule has 1 heterocycles. The molecular formula is C19H21NO4. The molecule has 0 fully saturated rings. The second-order valence-electron chi connectivity index (χ2n) is 6.56. The van der Waals surface area contributed by atoms with Crippen LogP contribution >= 0.6 is 0 Å². The Hall–Kier alpha value is -2.53. The first kappa shape index (κ1) is 16.3. The van der Waals surface area contributed by atoms with Crippen LogP contribution in [0.15, 0.2) is 42.5 Å². The van der Waals surface area contributed by atoms with Crippen molar-refractivity contribution in [3.63, 3.8) is 0 Å². The maximum absolute atomic E-state index is 10.9. The Kier molecular flexibility index (Phi) is 4.44. The summed E-state index contributed by atoms with van der Waals surface area (Å²) in [6, 6.07) is 13.0. The number of carboxylic acid groups (broad SMARTS) is 1. The number of carbonyl (C=O) groups is 1. The minimum absolute atomic E-state index is 0.0675. The summed E-state index contributed by atoms with van der Waals surface area (Å²) in [6.07, 6.45) is 0. The molecule has 2 aromatic rings. The van der Waals surface area contributed by atoms with Gasteiger partial charge in [-0.2, -0.15) is 0 Å². The average Bonchev–Trinajstić information content (AvgIpc) is 3.02. The third kappa shape index (κ3) is 3.51. The van der Waals surface area contributed by atoms with Crippen molar-refractivity contribution >= 4 is 5.97 Å². The molecule has 2 N–H and O–H groups in total. The number of aromatic carboxylic acids is 1. The molecule has 126 valence electrons. The van der Waals surface area contributed by atoms with Crippen LogP contribution in [0.5, 0.6) is 11.5 Å². The highest BCUT2D eigenvalue weighted by molar-refractivity contribution is 5.87. The first-order chi connectivity index (χ1) is 11.5. The van der Waals surface area contributed by atoms with Crippen LogP contribution in [-0.2, 0) is 12.0 Å². The number of ether oxygens (including phenoxy) is 2. The molecule has 1 aliphatic heterocycles. The second-order valence-corrected chi connectivity index (χ2v) is 6.56. The van der Waals surface area contributed by atoms with E-state index in [9.17, 15) is 4.79 Å². The van der Waals surface area contributed by atoms with Gasteiger partial charge in [-0.15, -0.1) is 0 Å². The summed E-state index contributed by atoms with van der Waals surface area (Å²) in [7, 11) is 0. The molecule has 3 rings (SSSR count). The summed E-state index contributed by atoms with van der Waals surface area (Å²) in [5.41, 5.74) is 2.48. The first-order valence-electron chi connectivity index (χ1n) is 7.89. The summed E-state index contributed by atoms with van der Waals surface area (Å²) in [4.78, 5) is 10.9. The van der Waals surface area contributed by atoms with Crippen molar-refractivity contribution in [2.24, 2.45) is 0 Å². The molecule has 0 saturated carbocycles. The van der Waals surface area contributed by atoms with Gasteiger partial charge in [0.15, 0.2) is 11.5 Å². The molecular weight excluding hydrogens is 306 g/mol. The zero-order valence-electron chi connectivity index (χ0n) is 13.8. The van der Waals surface area contributed by atoms with E-state index in [1.165, 1.54) is 5.56 Å². The van der Waals surface area contributed by atoms with Gasteiger partial charge in [-0.1, -0.05) is 32.0 Å². The monoisotopic (exact) mass is 327 g/mol. The molecule has 2 aromatic carbocycles. The lowest BCUT2D eigenvalue weighted by Crippen LogP contribution is -2.32. The third-order valence-corrected chi connectivity index (χ3v) is 4.25. The van der Waals surface area contributed by atoms with Crippen LogP contribution in [-0.4, -0.2) is 24.4 Å². The molecule has 5 nitrogen and oxygen atoms in total. The zero-order valence-corrected chi connectivity index (χ0v) is 13.8. The van der Waals surface area contributed by atoms with E-state index in [1.807, 2.05) is 24.3 Å². The Labute approximate surface area is 141 Å². The fourth-order valence-corrected chi connectivity index (χ4v) is 2.70. The van der Waals surface area contributed by atoms with Crippen LogP contribution in [0.25, 0.3) is 0 Å². The lowest BCUT2D eigenvalue weighted by atomic mass is 9.84. The molecule has 0 aliphatic carbocycles. The number of rotatable bonds is 6. The number of benzene rings is 2. The molecule has 0 atom stereocenters. The largest absolute Gasteiger partial charge is 0.478 e.